The van der Waals surface area contributed by atoms with Crippen LogP contribution in [0.4, 0.5) is 0 Å². The van der Waals surface area contributed by atoms with Crippen LogP contribution in [0.15, 0.2) is 40.6 Å². The van der Waals surface area contributed by atoms with E-state index in [4.69, 9.17) is 5.84 Å². The molecule has 23 heavy (non-hydrogen) atoms. The summed E-state index contributed by atoms with van der Waals surface area (Å²) in [7, 11) is 0. The second-order valence-corrected chi connectivity index (χ2v) is 5.80. The molecule has 8 heteroatoms. The van der Waals surface area contributed by atoms with E-state index in [-0.39, 0.29) is 0 Å². The third-order valence-electron chi connectivity index (χ3n) is 3.26. The maximum absolute atomic E-state index is 6.00. The minimum Gasteiger partial charge on any atom is -0.336 e. The van der Waals surface area contributed by atoms with Gasteiger partial charge in [-0.25, -0.2) is 14.6 Å². The Hall–Kier alpha value is -2.48. The van der Waals surface area contributed by atoms with Crippen molar-refractivity contribution in [1.82, 2.24) is 29.8 Å². The van der Waals surface area contributed by atoms with Gasteiger partial charge in [0.25, 0.3) is 0 Å². The average Bonchev–Trinajstić information content (AvgIpc) is 2.95. The van der Waals surface area contributed by atoms with Gasteiger partial charge in [0.1, 0.15) is 10.7 Å². The third kappa shape index (κ3) is 3.31. The third-order valence-corrected chi connectivity index (χ3v) is 4.14. The van der Waals surface area contributed by atoms with E-state index in [1.165, 1.54) is 16.4 Å². The van der Waals surface area contributed by atoms with E-state index < -0.39 is 0 Å². The molecule has 0 fully saturated rings. The zero-order valence-electron chi connectivity index (χ0n) is 13.0. The monoisotopic (exact) mass is 327 g/mol. The van der Waals surface area contributed by atoms with Crippen LogP contribution in [0.2, 0.25) is 0 Å². The highest BCUT2D eigenvalue weighted by atomic mass is 32.2. The van der Waals surface area contributed by atoms with Crippen molar-refractivity contribution in [2.24, 2.45) is 0 Å². The maximum atomic E-state index is 6.00. The van der Waals surface area contributed by atoms with Gasteiger partial charge < -0.3 is 5.84 Å². The highest BCUT2D eigenvalue weighted by Gasteiger charge is 2.13. The lowest BCUT2D eigenvalue weighted by molar-refractivity contribution is 0.794. The van der Waals surface area contributed by atoms with Gasteiger partial charge in [-0.2, -0.15) is 0 Å². The van der Waals surface area contributed by atoms with E-state index in [1.807, 2.05) is 31.2 Å². The Morgan fingerprint density at radius 3 is 2.65 bits per heavy atom. The number of aromatic nitrogens is 6. The summed E-state index contributed by atoms with van der Waals surface area (Å²) >= 11 is 1.37. The van der Waals surface area contributed by atoms with Crippen LogP contribution in [-0.4, -0.2) is 29.8 Å². The first kappa shape index (κ1) is 15.4. The second-order valence-electron chi connectivity index (χ2n) is 4.81. The Kier molecular flexibility index (Phi) is 4.52. The second kappa shape index (κ2) is 6.74. The zero-order valence-corrected chi connectivity index (χ0v) is 13.8. The summed E-state index contributed by atoms with van der Waals surface area (Å²) in [6.45, 7) is 4.04. The molecule has 0 atom stereocenters. The number of nitrogen functional groups attached to an aromatic ring is 1. The van der Waals surface area contributed by atoms with Gasteiger partial charge in [-0.1, -0.05) is 19.9 Å². The number of pyridine rings is 1. The lowest BCUT2D eigenvalue weighted by atomic mass is 10.3. The molecule has 0 amide bonds. The molecular formula is C15H17N7S. The summed E-state index contributed by atoms with van der Waals surface area (Å²) in [5, 5.41) is 9.56. The van der Waals surface area contributed by atoms with Gasteiger partial charge in [-0.15, -0.1) is 10.2 Å². The molecule has 3 rings (SSSR count). The van der Waals surface area contributed by atoms with Crippen molar-refractivity contribution in [1.29, 1.82) is 0 Å². The van der Waals surface area contributed by atoms with E-state index in [0.29, 0.717) is 11.0 Å². The lowest BCUT2D eigenvalue weighted by Crippen LogP contribution is -2.13. The lowest BCUT2D eigenvalue weighted by Gasteiger charge is -2.06. The Bertz CT molecular complexity index is 801. The summed E-state index contributed by atoms with van der Waals surface area (Å²) in [4.78, 5) is 13.4. The first-order valence-electron chi connectivity index (χ1n) is 7.37. The van der Waals surface area contributed by atoms with Gasteiger partial charge in [0.15, 0.2) is 11.6 Å². The Labute approximate surface area is 138 Å². The smallest absolute Gasteiger partial charge is 0.216 e. The fourth-order valence-electron chi connectivity index (χ4n) is 2.03. The van der Waals surface area contributed by atoms with Crippen molar-refractivity contribution >= 4 is 11.8 Å². The summed E-state index contributed by atoms with van der Waals surface area (Å²) in [5.41, 5.74) is 1.69. The van der Waals surface area contributed by atoms with Gasteiger partial charge in [0.05, 0.1) is 0 Å². The minimum absolute atomic E-state index is 0.603. The van der Waals surface area contributed by atoms with Crippen LogP contribution >= 0.6 is 11.8 Å². The van der Waals surface area contributed by atoms with Crippen molar-refractivity contribution in [2.45, 2.75) is 36.9 Å². The van der Waals surface area contributed by atoms with E-state index >= 15 is 0 Å². The standard InChI is InChI=1S/C15H17N7S/c1-3-10-9-13(23-15-21-20-12(4-2)22(15)16)19-14(18-10)11-7-5-6-8-17-11/h5-9H,3-4,16H2,1-2H3. The topological polar surface area (TPSA) is 95.4 Å². The number of hydrogen-bond acceptors (Lipinski definition) is 7. The average molecular weight is 327 g/mol. The molecule has 2 N–H and O–H groups in total. The number of rotatable bonds is 5. The molecule has 0 aliphatic heterocycles. The molecule has 118 valence electrons. The van der Waals surface area contributed by atoms with Gasteiger partial charge >= 0.3 is 0 Å². The summed E-state index contributed by atoms with van der Waals surface area (Å²) < 4.78 is 1.50. The van der Waals surface area contributed by atoms with Crippen LogP contribution in [-0.2, 0) is 12.8 Å². The molecule has 0 radical (unpaired) electrons. The van der Waals surface area contributed by atoms with Gasteiger partial charge in [0, 0.05) is 18.3 Å². The number of aryl methyl sites for hydroxylation is 2. The molecule has 0 aliphatic rings. The summed E-state index contributed by atoms with van der Waals surface area (Å²) in [5.74, 6) is 7.34. The zero-order chi connectivity index (χ0) is 16.2. The van der Waals surface area contributed by atoms with Gasteiger partial charge in [-0.05, 0) is 36.4 Å². The van der Waals surface area contributed by atoms with Gasteiger partial charge in [0.2, 0.25) is 5.16 Å². The molecule has 0 unspecified atom stereocenters. The van der Waals surface area contributed by atoms with Gasteiger partial charge in [-0.3, -0.25) is 4.98 Å². The van der Waals surface area contributed by atoms with Crippen LogP contribution in [0, 0.1) is 0 Å². The first-order valence-corrected chi connectivity index (χ1v) is 8.19. The predicted octanol–water partition coefficient (Wildman–Crippen LogP) is 2.12. The Balaban J connectivity index is 1.97. The van der Waals surface area contributed by atoms with Crippen LogP contribution in [0.3, 0.4) is 0 Å². The molecule has 0 saturated heterocycles. The predicted molar refractivity (Wildman–Crippen MR) is 88.3 cm³/mol. The van der Waals surface area contributed by atoms with Crippen LogP contribution in [0.5, 0.6) is 0 Å². The molecule has 7 nitrogen and oxygen atoms in total. The fraction of sp³-hybridized carbons (Fsp3) is 0.267. The molecule has 3 heterocycles. The Morgan fingerprint density at radius 1 is 1.13 bits per heavy atom. The fourth-order valence-corrected chi connectivity index (χ4v) is 2.83. The van der Waals surface area contributed by atoms with Crippen LogP contribution in [0.25, 0.3) is 11.5 Å². The molecular weight excluding hydrogens is 310 g/mol. The van der Waals surface area contributed by atoms with Crippen molar-refractivity contribution in [2.75, 3.05) is 5.84 Å². The van der Waals surface area contributed by atoms with Crippen molar-refractivity contribution in [3.63, 3.8) is 0 Å². The quantitative estimate of drug-likeness (QED) is 0.566. The van der Waals surface area contributed by atoms with E-state index in [2.05, 4.69) is 32.1 Å². The van der Waals surface area contributed by atoms with E-state index in [0.717, 1.165) is 35.1 Å². The number of nitrogens with two attached hydrogens (primary N) is 1. The first-order chi connectivity index (χ1) is 11.2. The molecule has 3 aromatic heterocycles. The number of hydrogen-bond donors (Lipinski definition) is 1. The summed E-state index contributed by atoms with van der Waals surface area (Å²) in [6.07, 6.45) is 3.27. The molecule has 0 spiro atoms. The van der Waals surface area contributed by atoms with Crippen molar-refractivity contribution < 1.29 is 0 Å². The highest BCUT2D eigenvalue weighted by Crippen LogP contribution is 2.26. The van der Waals surface area contributed by atoms with E-state index in [1.54, 1.807) is 6.20 Å². The van der Waals surface area contributed by atoms with Crippen molar-refractivity contribution in [3.8, 4) is 11.5 Å². The number of nitrogens with zero attached hydrogens (tertiary/aromatic N) is 6. The van der Waals surface area contributed by atoms with E-state index in [9.17, 15) is 0 Å². The summed E-state index contributed by atoms with van der Waals surface area (Å²) in [6, 6.07) is 7.62. The molecule has 3 aromatic rings. The largest absolute Gasteiger partial charge is 0.336 e. The molecule has 0 bridgehead atoms. The van der Waals surface area contributed by atoms with Crippen LogP contribution in [0.1, 0.15) is 25.4 Å². The Morgan fingerprint density at radius 2 is 2.00 bits per heavy atom. The molecule has 0 aliphatic carbocycles. The minimum atomic E-state index is 0.603. The van der Waals surface area contributed by atoms with Crippen molar-refractivity contribution in [3.05, 3.63) is 42.0 Å². The maximum Gasteiger partial charge on any atom is 0.216 e. The SMILES string of the molecule is CCc1cc(Sc2nnc(CC)n2N)nc(-c2ccccn2)n1. The molecule has 0 saturated carbocycles. The van der Waals surface area contributed by atoms with Crippen LogP contribution < -0.4 is 5.84 Å². The normalized spacial score (nSPS) is 10.9. The highest BCUT2D eigenvalue weighted by molar-refractivity contribution is 7.99. The molecule has 0 aromatic carbocycles.